The Hall–Kier alpha value is -2.29. The number of rotatable bonds is 3. The maximum Gasteiger partial charge on any atom is 0.272 e. The molecule has 1 fully saturated rings. The van der Waals surface area contributed by atoms with Crippen LogP contribution < -0.4 is 5.32 Å². The third-order valence-electron chi connectivity index (χ3n) is 5.30. The molecule has 0 aromatic heterocycles. The van der Waals surface area contributed by atoms with Gasteiger partial charge in [-0.15, -0.1) is 0 Å². The van der Waals surface area contributed by atoms with E-state index in [4.69, 9.17) is 11.6 Å². The molecule has 0 aliphatic carbocycles. The van der Waals surface area contributed by atoms with Gasteiger partial charge in [0.05, 0.1) is 4.90 Å². The molecule has 152 valence electrons. The number of nitrogens with zero attached hydrogens (tertiary/aromatic N) is 2. The summed E-state index contributed by atoms with van der Waals surface area (Å²) < 4.78 is 41.0. The number of sulfonamides is 1. The van der Waals surface area contributed by atoms with Crippen molar-refractivity contribution in [3.05, 3.63) is 64.4 Å². The van der Waals surface area contributed by atoms with Crippen LogP contribution in [0.15, 0.2) is 52.4 Å². The average molecular weight is 436 g/mol. The molecule has 29 heavy (non-hydrogen) atoms. The van der Waals surface area contributed by atoms with Gasteiger partial charge in [-0.1, -0.05) is 29.8 Å². The molecular weight excluding hydrogens is 417 g/mol. The third-order valence-corrected chi connectivity index (χ3v) is 7.58. The van der Waals surface area contributed by atoms with Gasteiger partial charge in [0.2, 0.25) is 10.0 Å². The molecule has 2 aliphatic heterocycles. The van der Waals surface area contributed by atoms with Crippen molar-refractivity contribution in [2.24, 2.45) is 4.99 Å². The summed E-state index contributed by atoms with van der Waals surface area (Å²) in [6, 6.07) is 10.5. The summed E-state index contributed by atoms with van der Waals surface area (Å²) in [6.45, 7) is 2.13. The summed E-state index contributed by atoms with van der Waals surface area (Å²) in [5.41, 5.74) is 0.333. The zero-order valence-electron chi connectivity index (χ0n) is 15.7. The van der Waals surface area contributed by atoms with Crippen molar-refractivity contribution < 1.29 is 17.6 Å². The number of aryl methyl sites for hydroxylation is 1. The van der Waals surface area contributed by atoms with Crippen LogP contribution in [0, 0.1) is 12.7 Å². The molecule has 2 aromatic carbocycles. The van der Waals surface area contributed by atoms with Crippen LogP contribution in [0.1, 0.15) is 24.0 Å². The van der Waals surface area contributed by atoms with E-state index in [9.17, 15) is 17.6 Å². The molecule has 4 rings (SSSR count). The molecule has 2 aromatic rings. The molecule has 1 saturated heterocycles. The Kier molecular flexibility index (Phi) is 4.96. The topological polar surface area (TPSA) is 78.8 Å². The van der Waals surface area contributed by atoms with Crippen molar-refractivity contribution in [1.82, 2.24) is 9.62 Å². The van der Waals surface area contributed by atoms with Crippen molar-refractivity contribution in [3.63, 3.8) is 0 Å². The highest BCUT2D eigenvalue weighted by Crippen LogP contribution is 2.32. The van der Waals surface area contributed by atoms with Gasteiger partial charge in [-0.05, 0) is 36.8 Å². The predicted octanol–water partition coefficient (Wildman–Crippen LogP) is 2.89. The fourth-order valence-electron chi connectivity index (χ4n) is 3.72. The fourth-order valence-corrected chi connectivity index (χ4v) is 5.65. The van der Waals surface area contributed by atoms with E-state index in [0.29, 0.717) is 29.0 Å². The second kappa shape index (κ2) is 7.19. The molecule has 0 bridgehead atoms. The summed E-state index contributed by atoms with van der Waals surface area (Å²) >= 11 is 5.99. The first-order valence-electron chi connectivity index (χ1n) is 9.15. The first kappa shape index (κ1) is 20.0. The lowest BCUT2D eigenvalue weighted by molar-refractivity contribution is -0.115. The smallest absolute Gasteiger partial charge is 0.272 e. The SMILES string of the molecule is Cc1ccc(Cl)cc1S(=O)(=O)N1CCC2(CC1)N=C(c1cccc(F)c1)C(=O)N2. The Morgan fingerprint density at radius 1 is 1.17 bits per heavy atom. The highest BCUT2D eigenvalue weighted by molar-refractivity contribution is 7.89. The van der Waals surface area contributed by atoms with Crippen molar-refractivity contribution in [2.45, 2.75) is 30.3 Å². The third kappa shape index (κ3) is 3.68. The standard InChI is InChI=1S/C20H19ClFN3O3S/c1-13-5-6-15(21)12-17(13)29(27,28)25-9-7-20(8-10-25)23-18(19(26)24-20)14-3-2-4-16(22)11-14/h2-6,11-12H,7-10H2,1H3,(H,24,26). The van der Waals surface area contributed by atoms with Gasteiger partial charge in [0.1, 0.15) is 17.2 Å². The van der Waals surface area contributed by atoms with E-state index in [2.05, 4.69) is 10.3 Å². The van der Waals surface area contributed by atoms with E-state index < -0.39 is 21.5 Å². The van der Waals surface area contributed by atoms with Crippen LogP contribution in [0.3, 0.4) is 0 Å². The summed E-state index contributed by atoms with van der Waals surface area (Å²) in [5, 5.41) is 3.22. The van der Waals surface area contributed by atoms with Gasteiger partial charge >= 0.3 is 0 Å². The molecule has 9 heteroatoms. The van der Waals surface area contributed by atoms with E-state index in [1.54, 1.807) is 25.1 Å². The number of amides is 1. The molecule has 0 saturated carbocycles. The Balaban J connectivity index is 1.56. The number of halogens is 2. The normalized spacial score (nSPS) is 19.3. The van der Waals surface area contributed by atoms with Gasteiger partial charge in [0, 0.05) is 36.5 Å². The summed E-state index contributed by atoms with van der Waals surface area (Å²) in [7, 11) is -3.71. The van der Waals surface area contributed by atoms with Gasteiger partial charge in [0.25, 0.3) is 5.91 Å². The molecule has 2 heterocycles. The molecule has 1 amide bonds. The Morgan fingerprint density at radius 3 is 2.59 bits per heavy atom. The first-order valence-corrected chi connectivity index (χ1v) is 11.0. The molecule has 0 unspecified atom stereocenters. The van der Waals surface area contributed by atoms with Crippen LogP contribution in [0.25, 0.3) is 0 Å². The van der Waals surface area contributed by atoms with E-state index >= 15 is 0 Å². The van der Waals surface area contributed by atoms with Crippen LogP contribution in [-0.4, -0.2) is 43.1 Å². The van der Waals surface area contributed by atoms with Gasteiger partial charge in [-0.3, -0.25) is 9.79 Å². The highest BCUT2D eigenvalue weighted by atomic mass is 35.5. The number of aliphatic imine (C=N–C) groups is 1. The van der Waals surface area contributed by atoms with Gasteiger partial charge in [0.15, 0.2) is 0 Å². The predicted molar refractivity (Wildman–Crippen MR) is 108 cm³/mol. The van der Waals surface area contributed by atoms with Crippen LogP contribution in [0.5, 0.6) is 0 Å². The molecular formula is C20H19ClFN3O3S. The average Bonchev–Trinajstić information content (AvgIpc) is 3.00. The number of nitrogens with one attached hydrogen (secondary N) is 1. The maximum atomic E-state index is 13.5. The highest BCUT2D eigenvalue weighted by Gasteiger charge is 2.44. The number of hydrogen-bond acceptors (Lipinski definition) is 4. The minimum Gasteiger partial charge on any atom is -0.326 e. The fraction of sp³-hybridized carbons (Fsp3) is 0.300. The zero-order chi connectivity index (χ0) is 20.8. The number of carbonyl (C=O) groups is 1. The number of benzene rings is 2. The summed E-state index contributed by atoms with van der Waals surface area (Å²) in [4.78, 5) is 17.2. The van der Waals surface area contributed by atoms with Crippen LogP contribution in [-0.2, 0) is 14.8 Å². The van der Waals surface area contributed by atoms with Crippen LogP contribution >= 0.6 is 11.6 Å². The van der Waals surface area contributed by atoms with Crippen LogP contribution in [0.2, 0.25) is 5.02 Å². The van der Waals surface area contributed by atoms with Gasteiger partial charge in [-0.25, -0.2) is 12.8 Å². The lowest BCUT2D eigenvalue weighted by Crippen LogP contribution is -2.52. The Morgan fingerprint density at radius 2 is 1.90 bits per heavy atom. The Labute approximate surface area is 173 Å². The summed E-state index contributed by atoms with van der Waals surface area (Å²) in [5.74, 6) is -0.825. The maximum absolute atomic E-state index is 13.5. The molecule has 2 aliphatic rings. The summed E-state index contributed by atoms with van der Waals surface area (Å²) in [6.07, 6.45) is 0.660. The molecule has 0 radical (unpaired) electrons. The monoisotopic (exact) mass is 435 g/mol. The zero-order valence-corrected chi connectivity index (χ0v) is 17.2. The minimum absolute atomic E-state index is 0.173. The number of piperidine rings is 1. The van der Waals surface area contributed by atoms with Crippen molar-refractivity contribution in [1.29, 1.82) is 0 Å². The van der Waals surface area contributed by atoms with Gasteiger partial charge < -0.3 is 5.32 Å². The van der Waals surface area contributed by atoms with Crippen molar-refractivity contribution in [3.8, 4) is 0 Å². The van der Waals surface area contributed by atoms with E-state index in [0.717, 1.165) is 0 Å². The van der Waals surface area contributed by atoms with E-state index in [-0.39, 0.29) is 29.6 Å². The number of hydrogen-bond donors (Lipinski definition) is 1. The van der Waals surface area contributed by atoms with E-state index in [1.165, 1.54) is 28.6 Å². The second-order valence-electron chi connectivity index (χ2n) is 7.27. The lowest BCUT2D eigenvalue weighted by Gasteiger charge is -2.36. The lowest BCUT2D eigenvalue weighted by atomic mass is 10.00. The van der Waals surface area contributed by atoms with Gasteiger partial charge in [-0.2, -0.15) is 4.31 Å². The molecule has 6 nitrogen and oxygen atoms in total. The largest absolute Gasteiger partial charge is 0.326 e. The van der Waals surface area contributed by atoms with Crippen molar-refractivity contribution >= 4 is 33.2 Å². The Bertz CT molecular complexity index is 1130. The quantitative estimate of drug-likeness (QED) is 0.805. The van der Waals surface area contributed by atoms with Crippen molar-refractivity contribution in [2.75, 3.05) is 13.1 Å². The van der Waals surface area contributed by atoms with Crippen LogP contribution in [0.4, 0.5) is 4.39 Å². The van der Waals surface area contributed by atoms with E-state index in [1.807, 2.05) is 0 Å². The molecule has 1 spiro atoms. The number of carbonyl (C=O) groups excluding carboxylic acids is 1. The minimum atomic E-state index is -3.71. The first-order chi connectivity index (χ1) is 13.7. The molecule has 1 N–H and O–H groups in total. The molecule has 0 atom stereocenters. The second-order valence-corrected chi connectivity index (χ2v) is 9.61.